The molecule has 1 N–H and O–H groups in total. The van der Waals surface area contributed by atoms with Gasteiger partial charge in [-0.1, -0.05) is 37.3 Å². The summed E-state index contributed by atoms with van der Waals surface area (Å²) in [6.07, 6.45) is 1.42. The maximum Gasteiger partial charge on any atom is 0.0757 e. The second-order valence-electron chi connectivity index (χ2n) is 6.77. The fraction of sp³-hybridized carbons (Fsp3) is 0.667. The number of benzene rings is 1. The zero-order valence-electron chi connectivity index (χ0n) is 14.1. The number of rotatable bonds is 5. The minimum absolute atomic E-state index is 0.0694. The van der Waals surface area contributed by atoms with E-state index in [4.69, 9.17) is 4.74 Å². The van der Waals surface area contributed by atoms with Crippen molar-refractivity contribution in [2.45, 2.75) is 57.9 Å². The first-order chi connectivity index (χ1) is 9.96. The van der Waals surface area contributed by atoms with Crippen molar-refractivity contribution in [2.24, 2.45) is 0 Å². The molecule has 21 heavy (non-hydrogen) atoms. The Morgan fingerprint density at radius 3 is 2.52 bits per heavy atom. The second kappa shape index (κ2) is 6.91. The highest BCUT2D eigenvalue weighted by molar-refractivity contribution is 5.20. The van der Waals surface area contributed by atoms with E-state index in [1.54, 1.807) is 0 Å². The van der Waals surface area contributed by atoms with E-state index in [0.29, 0.717) is 12.1 Å². The zero-order valence-corrected chi connectivity index (χ0v) is 14.1. The van der Waals surface area contributed by atoms with E-state index in [2.05, 4.69) is 75.3 Å². The number of likely N-dealkylation sites (N-methyl/N-ethyl adjacent to an activating group) is 1. The van der Waals surface area contributed by atoms with Crippen molar-refractivity contribution >= 4 is 0 Å². The number of nitrogens with one attached hydrogen (secondary N) is 1. The Kier molecular flexibility index (Phi) is 5.42. The number of nitrogens with zero attached hydrogens (tertiary/aromatic N) is 1. The van der Waals surface area contributed by atoms with Crippen LogP contribution in [0.25, 0.3) is 0 Å². The summed E-state index contributed by atoms with van der Waals surface area (Å²) in [5.74, 6) is 0. The van der Waals surface area contributed by atoms with E-state index < -0.39 is 0 Å². The summed E-state index contributed by atoms with van der Waals surface area (Å²) in [4.78, 5) is 2.60. The van der Waals surface area contributed by atoms with Gasteiger partial charge in [0, 0.05) is 25.2 Å². The third-order valence-corrected chi connectivity index (χ3v) is 4.34. The molecule has 1 fully saturated rings. The molecule has 0 radical (unpaired) electrons. The molecule has 0 aliphatic carbocycles. The number of hydrogen-bond acceptors (Lipinski definition) is 3. The molecule has 1 saturated heterocycles. The first-order valence-corrected chi connectivity index (χ1v) is 8.11. The summed E-state index contributed by atoms with van der Waals surface area (Å²) in [5, 5.41) is 3.53. The van der Waals surface area contributed by atoms with Gasteiger partial charge < -0.3 is 10.1 Å². The van der Waals surface area contributed by atoms with Gasteiger partial charge in [-0.15, -0.1) is 0 Å². The lowest BCUT2D eigenvalue weighted by Crippen LogP contribution is -2.57. The molecule has 0 saturated carbocycles. The SMILES string of the molecule is CCC(C(NC)c1ccccc1)N1CC(C)OC(C)(C)C1. The third kappa shape index (κ3) is 4.06. The minimum Gasteiger partial charge on any atom is -0.370 e. The molecule has 3 nitrogen and oxygen atoms in total. The number of morpholine rings is 1. The highest BCUT2D eigenvalue weighted by atomic mass is 16.5. The molecular weight excluding hydrogens is 260 g/mol. The molecule has 1 aromatic carbocycles. The normalized spacial score (nSPS) is 25.5. The van der Waals surface area contributed by atoms with Crippen LogP contribution in [0.4, 0.5) is 0 Å². The first kappa shape index (κ1) is 16.5. The van der Waals surface area contributed by atoms with Crippen molar-refractivity contribution in [1.82, 2.24) is 10.2 Å². The maximum absolute atomic E-state index is 6.06. The predicted octanol–water partition coefficient (Wildman–Crippen LogP) is 3.23. The Bertz CT molecular complexity index is 432. The van der Waals surface area contributed by atoms with Crippen LogP contribution >= 0.6 is 0 Å². The summed E-state index contributed by atoms with van der Waals surface area (Å²) in [7, 11) is 2.06. The molecule has 2 rings (SSSR count). The minimum atomic E-state index is -0.0694. The van der Waals surface area contributed by atoms with E-state index in [1.165, 1.54) is 5.56 Å². The molecule has 3 atom stereocenters. The summed E-state index contributed by atoms with van der Waals surface area (Å²) in [6, 6.07) is 11.6. The molecular formula is C18H30N2O. The lowest BCUT2D eigenvalue weighted by Gasteiger charge is -2.47. The van der Waals surface area contributed by atoms with Gasteiger partial charge in [-0.05, 0) is 39.8 Å². The quantitative estimate of drug-likeness (QED) is 0.901. The number of hydrogen-bond donors (Lipinski definition) is 1. The van der Waals surface area contributed by atoms with Crippen LogP contribution in [0.3, 0.4) is 0 Å². The molecule has 0 aromatic heterocycles. The molecule has 0 bridgehead atoms. The Hall–Kier alpha value is -0.900. The van der Waals surface area contributed by atoms with Crippen LogP contribution < -0.4 is 5.32 Å². The Morgan fingerprint density at radius 1 is 1.33 bits per heavy atom. The van der Waals surface area contributed by atoms with Gasteiger partial charge in [0.1, 0.15) is 0 Å². The van der Waals surface area contributed by atoms with E-state index in [9.17, 15) is 0 Å². The van der Waals surface area contributed by atoms with Crippen LogP contribution in [0.2, 0.25) is 0 Å². The summed E-state index contributed by atoms with van der Waals surface area (Å²) in [5.41, 5.74) is 1.30. The first-order valence-electron chi connectivity index (χ1n) is 8.11. The van der Waals surface area contributed by atoms with Crippen molar-refractivity contribution in [3.8, 4) is 0 Å². The molecule has 1 aliphatic heterocycles. The van der Waals surface area contributed by atoms with Gasteiger partial charge >= 0.3 is 0 Å². The zero-order chi connectivity index (χ0) is 15.5. The Labute approximate surface area is 129 Å². The van der Waals surface area contributed by atoms with Crippen LogP contribution in [0.1, 0.15) is 45.7 Å². The monoisotopic (exact) mass is 290 g/mol. The van der Waals surface area contributed by atoms with Crippen molar-refractivity contribution in [2.75, 3.05) is 20.1 Å². The Morgan fingerprint density at radius 2 is 2.00 bits per heavy atom. The third-order valence-electron chi connectivity index (χ3n) is 4.34. The standard InChI is InChI=1S/C18H30N2O/c1-6-16(17(19-5)15-10-8-7-9-11-15)20-12-14(2)21-18(3,4)13-20/h7-11,14,16-17,19H,6,12-13H2,1-5H3. The van der Waals surface area contributed by atoms with Gasteiger partial charge in [0.15, 0.2) is 0 Å². The van der Waals surface area contributed by atoms with Crippen LogP contribution in [0.15, 0.2) is 30.3 Å². The fourth-order valence-electron chi connectivity index (χ4n) is 3.70. The molecule has 0 spiro atoms. The van der Waals surface area contributed by atoms with Gasteiger partial charge in [-0.2, -0.15) is 0 Å². The molecule has 3 heteroatoms. The smallest absolute Gasteiger partial charge is 0.0757 e. The van der Waals surface area contributed by atoms with E-state index in [1.807, 2.05) is 0 Å². The second-order valence-corrected chi connectivity index (χ2v) is 6.77. The number of ether oxygens (including phenoxy) is 1. The average Bonchev–Trinajstić information content (AvgIpc) is 2.43. The van der Waals surface area contributed by atoms with E-state index >= 15 is 0 Å². The molecule has 1 aliphatic rings. The Balaban J connectivity index is 2.21. The topological polar surface area (TPSA) is 24.5 Å². The largest absolute Gasteiger partial charge is 0.370 e. The maximum atomic E-state index is 6.06. The van der Waals surface area contributed by atoms with Gasteiger partial charge in [0.05, 0.1) is 11.7 Å². The fourth-order valence-corrected chi connectivity index (χ4v) is 3.70. The molecule has 3 unspecified atom stereocenters. The van der Waals surface area contributed by atoms with Crippen molar-refractivity contribution in [3.05, 3.63) is 35.9 Å². The summed E-state index contributed by atoms with van der Waals surface area (Å²) >= 11 is 0. The average molecular weight is 290 g/mol. The van der Waals surface area contributed by atoms with Gasteiger partial charge in [0.25, 0.3) is 0 Å². The molecule has 0 amide bonds. The molecule has 1 aromatic rings. The lowest BCUT2D eigenvalue weighted by molar-refractivity contribution is -0.140. The summed E-state index contributed by atoms with van der Waals surface area (Å²) in [6.45, 7) is 10.8. The molecule has 118 valence electrons. The van der Waals surface area contributed by atoms with Gasteiger partial charge in [-0.3, -0.25) is 4.90 Å². The van der Waals surface area contributed by atoms with Crippen LogP contribution in [-0.4, -0.2) is 42.8 Å². The van der Waals surface area contributed by atoms with Crippen molar-refractivity contribution < 1.29 is 4.74 Å². The van der Waals surface area contributed by atoms with Crippen LogP contribution in [0.5, 0.6) is 0 Å². The van der Waals surface area contributed by atoms with Crippen molar-refractivity contribution in [1.29, 1.82) is 0 Å². The van der Waals surface area contributed by atoms with Gasteiger partial charge in [0.2, 0.25) is 0 Å². The lowest BCUT2D eigenvalue weighted by atomic mass is 9.93. The predicted molar refractivity (Wildman–Crippen MR) is 88.5 cm³/mol. The van der Waals surface area contributed by atoms with Crippen LogP contribution in [-0.2, 0) is 4.74 Å². The van der Waals surface area contributed by atoms with Gasteiger partial charge in [-0.25, -0.2) is 0 Å². The van der Waals surface area contributed by atoms with Crippen molar-refractivity contribution in [3.63, 3.8) is 0 Å². The van der Waals surface area contributed by atoms with Crippen LogP contribution in [0, 0.1) is 0 Å². The highest BCUT2D eigenvalue weighted by Crippen LogP contribution is 2.29. The summed E-state index contributed by atoms with van der Waals surface area (Å²) < 4.78 is 6.06. The van der Waals surface area contributed by atoms with E-state index in [0.717, 1.165) is 19.5 Å². The van der Waals surface area contributed by atoms with E-state index in [-0.39, 0.29) is 11.7 Å². The highest BCUT2D eigenvalue weighted by Gasteiger charge is 2.36. The molecule has 1 heterocycles.